The minimum Gasteiger partial charge on any atom is -0.465 e. The van der Waals surface area contributed by atoms with Crippen LogP contribution in [0, 0.1) is 6.92 Å². The first-order chi connectivity index (χ1) is 19.1. The third kappa shape index (κ3) is 5.00. The van der Waals surface area contributed by atoms with Crippen LogP contribution in [0.25, 0.3) is 22.5 Å². The lowest BCUT2D eigenvalue weighted by molar-refractivity contribution is -0.146. The number of hydrogen-bond acceptors (Lipinski definition) is 7. The van der Waals surface area contributed by atoms with Crippen molar-refractivity contribution in [2.75, 3.05) is 6.61 Å². The summed E-state index contributed by atoms with van der Waals surface area (Å²) >= 11 is 0. The highest BCUT2D eigenvalue weighted by atomic mass is 16.5. The topological polar surface area (TPSA) is 91.2 Å². The number of benzene rings is 3. The highest BCUT2D eigenvalue weighted by Crippen LogP contribution is 2.49. The largest absolute Gasteiger partial charge is 0.465 e. The van der Waals surface area contributed by atoms with E-state index in [-0.39, 0.29) is 5.97 Å². The van der Waals surface area contributed by atoms with Crippen LogP contribution >= 0.6 is 0 Å². The molecule has 39 heavy (non-hydrogen) atoms. The van der Waals surface area contributed by atoms with Crippen molar-refractivity contribution in [2.24, 2.45) is 0 Å². The number of esters is 1. The molecule has 0 aliphatic heterocycles. The van der Waals surface area contributed by atoms with E-state index < -0.39 is 5.41 Å². The van der Waals surface area contributed by atoms with Crippen molar-refractivity contribution in [1.29, 1.82) is 0 Å². The van der Waals surface area contributed by atoms with E-state index in [1.54, 1.807) is 0 Å². The third-order valence-electron chi connectivity index (χ3n) is 7.35. The molecule has 2 heterocycles. The van der Waals surface area contributed by atoms with Crippen LogP contribution in [-0.4, -0.2) is 27.9 Å². The quantitative estimate of drug-likeness (QED) is 0.206. The smallest absolute Gasteiger partial charge is 0.316 e. The summed E-state index contributed by atoms with van der Waals surface area (Å²) in [5.41, 5.74) is 6.49. The van der Waals surface area contributed by atoms with Crippen molar-refractivity contribution in [3.63, 3.8) is 0 Å². The van der Waals surface area contributed by atoms with Crippen molar-refractivity contribution >= 4 is 5.97 Å². The Labute approximate surface area is 226 Å². The monoisotopic (exact) mass is 519 g/mol. The molecule has 5 aromatic rings. The van der Waals surface area contributed by atoms with Gasteiger partial charge < -0.3 is 13.7 Å². The molecule has 1 aliphatic rings. The molecule has 0 amide bonds. The molecule has 3 aromatic carbocycles. The summed E-state index contributed by atoms with van der Waals surface area (Å²) in [6.45, 7) is 4.17. The van der Waals surface area contributed by atoms with Crippen molar-refractivity contribution in [1.82, 2.24) is 15.4 Å². The van der Waals surface area contributed by atoms with Crippen LogP contribution in [0.3, 0.4) is 0 Å². The van der Waals surface area contributed by atoms with Gasteiger partial charge in [0.05, 0.1) is 30.6 Å². The number of ether oxygens (including phenoxy) is 1. The van der Waals surface area contributed by atoms with Crippen LogP contribution in [0.4, 0.5) is 0 Å². The van der Waals surface area contributed by atoms with Gasteiger partial charge in [0, 0.05) is 11.1 Å². The predicted octanol–water partition coefficient (Wildman–Crippen LogP) is 6.48. The maximum Gasteiger partial charge on any atom is 0.316 e. The summed E-state index contributed by atoms with van der Waals surface area (Å²) in [4.78, 5) is 12.4. The summed E-state index contributed by atoms with van der Waals surface area (Å²) in [5, 5.41) is 12.7. The van der Waals surface area contributed by atoms with Gasteiger partial charge in [-0.1, -0.05) is 84.0 Å². The van der Waals surface area contributed by atoms with E-state index in [1.807, 2.05) is 68.4 Å². The molecule has 1 saturated carbocycles. The fourth-order valence-electron chi connectivity index (χ4n) is 4.98. The van der Waals surface area contributed by atoms with Crippen LogP contribution in [0.2, 0.25) is 0 Å². The molecule has 0 radical (unpaired) electrons. The lowest BCUT2D eigenvalue weighted by Crippen LogP contribution is -2.23. The minimum atomic E-state index is -0.459. The first-order valence-corrected chi connectivity index (χ1v) is 13.2. The summed E-state index contributed by atoms with van der Waals surface area (Å²) < 4.78 is 17.0. The van der Waals surface area contributed by atoms with E-state index >= 15 is 0 Å². The van der Waals surface area contributed by atoms with Crippen LogP contribution in [0.5, 0.6) is 0 Å². The van der Waals surface area contributed by atoms with Gasteiger partial charge in [-0.25, -0.2) is 0 Å². The van der Waals surface area contributed by atoms with Gasteiger partial charge in [-0.05, 0) is 48.9 Å². The zero-order valence-corrected chi connectivity index (χ0v) is 22.0. The molecule has 2 aromatic heterocycles. The molecule has 6 rings (SSSR count). The number of rotatable bonds is 9. The Kier molecular flexibility index (Phi) is 6.57. The van der Waals surface area contributed by atoms with Gasteiger partial charge in [-0.2, -0.15) is 0 Å². The van der Waals surface area contributed by atoms with Gasteiger partial charge >= 0.3 is 5.97 Å². The molecule has 0 bridgehead atoms. The Morgan fingerprint density at radius 3 is 2.10 bits per heavy atom. The standard InChI is InChI=1S/C32H29N3O4/c1-3-37-31(36)32(17-18-32)26-15-13-24(14-16-26)23-9-11-25(12-10-23)30-27(21(2)35-39-30)20-29-34-33-28(38-29)19-22-7-5-4-6-8-22/h4-16H,3,17-20H2,1-2H3. The van der Waals surface area contributed by atoms with Crippen molar-refractivity contribution in [2.45, 2.75) is 44.9 Å². The Morgan fingerprint density at radius 1 is 0.846 bits per heavy atom. The number of hydrogen-bond donors (Lipinski definition) is 0. The zero-order chi connectivity index (χ0) is 26.8. The van der Waals surface area contributed by atoms with E-state index in [2.05, 4.69) is 39.6 Å². The molecule has 0 N–H and O–H groups in total. The van der Waals surface area contributed by atoms with Gasteiger partial charge in [-0.3, -0.25) is 4.79 Å². The van der Waals surface area contributed by atoms with E-state index in [0.29, 0.717) is 37.0 Å². The SMILES string of the molecule is CCOC(=O)C1(c2ccc(-c3ccc(-c4onc(C)c4Cc4nnc(Cc5ccccc5)o4)cc3)cc2)CC1. The number of nitrogens with zero attached hydrogens (tertiary/aromatic N) is 3. The average Bonchev–Trinajstić information content (AvgIpc) is 3.55. The van der Waals surface area contributed by atoms with Gasteiger partial charge in [0.1, 0.15) is 0 Å². The van der Waals surface area contributed by atoms with E-state index in [4.69, 9.17) is 13.7 Å². The molecule has 1 aliphatic carbocycles. The zero-order valence-electron chi connectivity index (χ0n) is 22.0. The molecule has 0 saturated heterocycles. The number of aryl methyl sites for hydroxylation is 1. The third-order valence-corrected chi connectivity index (χ3v) is 7.35. The van der Waals surface area contributed by atoms with Crippen molar-refractivity contribution < 1.29 is 18.5 Å². The number of aromatic nitrogens is 3. The molecular formula is C32H29N3O4. The Morgan fingerprint density at radius 2 is 1.46 bits per heavy atom. The van der Waals surface area contributed by atoms with E-state index in [1.165, 1.54) is 0 Å². The number of carbonyl (C=O) groups is 1. The molecular weight excluding hydrogens is 490 g/mol. The molecule has 1 fully saturated rings. The summed E-state index contributed by atoms with van der Waals surface area (Å²) in [6, 6.07) is 26.5. The molecule has 0 unspecified atom stereocenters. The fraction of sp³-hybridized carbons (Fsp3) is 0.250. The van der Waals surface area contributed by atoms with Gasteiger partial charge in [0.25, 0.3) is 0 Å². The highest BCUT2D eigenvalue weighted by molar-refractivity contribution is 5.87. The average molecular weight is 520 g/mol. The summed E-state index contributed by atoms with van der Waals surface area (Å²) in [5.74, 6) is 1.69. The number of carbonyl (C=O) groups excluding carboxylic acids is 1. The first kappa shape index (κ1) is 24.8. The second-order valence-electron chi connectivity index (χ2n) is 9.96. The molecule has 196 valence electrons. The van der Waals surface area contributed by atoms with Gasteiger partial charge in [0.2, 0.25) is 11.8 Å². The minimum absolute atomic E-state index is 0.117. The Balaban J connectivity index is 1.17. The van der Waals surface area contributed by atoms with Gasteiger partial charge in [-0.15, -0.1) is 10.2 Å². The summed E-state index contributed by atoms with van der Waals surface area (Å²) in [6.07, 6.45) is 2.72. The van der Waals surface area contributed by atoms with E-state index in [9.17, 15) is 4.79 Å². The van der Waals surface area contributed by atoms with E-state index in [0.717, 1.165) is 51.9 Å². The molecule has 0 atom stereocenters. The first-order valence-electron chi connectivity index (χ1n) is 13.2. The maximum absolute atomic E-state index is 12.4. The predicted molar refractivity (Wildman–Crippen MR) is 146 cm³/mol. The van der Waals surface area contributed by atoms with Crippen molar-refractivity contribution in [3.8, 4) is 22.5 Å². The highest BCUT2D eigenvalue weighted by Gasteiger charge is 2.52. The van der Waals surface area contributed by atoms with Gasteiger partial charge in [0.15, 0.2) is 5.76 Å². The lowest BCUT2D eigenvalue weighted by Gasteiger charge is -2.14. The molecule has 7 nitrogen and oxygen atoms in total. The van der Waals surface area contributed by atoms with Crippen LogP contribution in [0.1, 0.15) is 53.9 Å². The van der Waals surface area contributed by atoms with Crippen LogP contribution < -0.4 is 0 Å². The Hall–Kier alpha value is -4.52. The second kappa shape index (κ2) is 10.3. The normalized spacial score (nSPS) is 13.8. The fourth-order valence-corrected chi connectivity index (χ4v) is 4.98. The molecule has 0 spiro atoms. The maximum atomic E-state index is 12.4. The van der Waals surface area contributed by atoms with Crippen LogP contribution in [0.15, 0.2) is 87.8 Å². The van der Waals surface area contributed by atoms with Crippen molar-refractivity contribution in [3.05, 3.63) is 113 Å². The Bertz CT molecular complexity index is 1580. The summed E-state index contributed by atoms with van der Waals surface area (Å²) in [7, 11) is 0. The molecule has 7 heteroatoms. The van der Waals surface area contributed by atoms with Crippen LogP contribution in [-0.2, 0) is 27.8 Å². The second-order valence-corrected chi connectivity index (χ2v) is 9.96. The lowest BCUT2D eigenvalue weighted by atomic mass is 9.93.